The Balaban J connectivity index is 1.79. The molecule has 110 valence electrons. The molecule has 0 radical (unpaired) electrons. The van der Waals surface area contributed by atoms with Crippen LogP contribution in [-0.2, 0) is 0 Å². The van der Waals surface area contributed by atoms with E-state index in [2.05, 4.69) is 18.7 Å². The summed E-state index contributed by atoms with van der Waals surface area (Å²) in [7, 11) is 0. The molecule has 1 unspecified atom stereocenters. The molecule has 1 N–H and O–H groups in total. The SMILES string of the molecule is CC(C)C1CCCN1CCOc1ccc(C(=O)O)cc1. The number of hydrogen-bond acceptors (Lipinski definition) is 3. The van der Waals surface area contributed by atoms with Crippen molar-refractivity contribution in [2.45, 2.75) is 32.7 Å². The molecule has 0 aromatic heterocycles. The van der Waals surface area contributed by atoms with E-state index < -0.39 is 5.97 Å². The topological polar surface area (TPSA) is 49.8 Å². The molecule has 1 aliphatic rings. The van der Waals surface area contributed by atoms with Crippen LogP contribution in [0.4, 0.5) is 0 Å². The summed E-state index contributed by atoms with van der Waals surface area (Å²) in [4.78, 5) is 13.2. The average molecular weight is 277 g/mol. The molecule has 1 aromatic rings. The summed E-state index contributed by atoms with van der Waals surface area (Å²) in [5.74, 6) is 0.510. The summed E-state index contributed by atoms with van der Waals surface area (Å²) in [6.07, 6.45) is 2.56. The number of ether oxygens (including phenoxy) is 1. The van der Waals surface area contributed by atoms with E-state index in [9.17, 15) is 4.79 Å². The van der Waals surface area contributed by atoms with Crippen molar-refractivity contribution in [2.75, 3.05) is 19.7 Å². The highest BCUT2D eigenvalue weighted by molar-refractivity contribution is 5.87. The van der Waals surface area contributed by atoms with Crippen molar-refractivity contribution in [1.29, 1.82) is 0 Å². The summed E-state index contributed by atoms with van der Waals surface area (Å²) in [6, 6.07) is 7.25. The third kappa shape index (κ3) is 3.73. The maximum atomic E-state index is 10.8. The normalized spacial score (nSPS) is 19.4. The molecule has 20 heavy (non-hydrogen) atoms. The van der Waals surface area contributed by atoms with Crippen molar-refractivity contribution in [2.24, 2.45) is 5.92 Å². The first kappa shape index (κ1) is 14.9. The minimum atomic E-state index is -0.909. The Morgan fingerprint density at radius 2 is 2.10 bits per heavy atom. The lowest BCUT2D eigenvalue weighted by atomic mass is 10.0. The van der Waals surface area contributed by atoms with Crippen LogP contribution in [0.15, 0.2) is 24.3 Å². The average Bonchev–Trinajstić information content (AvgIpc) is 2.88. The molecule has 1 heterocycles. The molecule has 2 rings (SSSR count). The molecule has 1 fully saturated rings. The number of carboxylic acids is 1. The lowest BCUT2D eigenvalue weighted by Crippen LogP contribution is -2.36. The lowest BCUT2D eigenvalue weighted by molar-refractivity contribution is 0.0697. The molecule has 0 saturated carbocycles. The van der Waals surface area contributed by atoms with Crippen LogP contribution in [0, 0.1) is 5.92 Å². The van der Waals surface area contributed by atoms with Gasteiger partial charge in [-0.25, -0.2) is 4.79 Å². The number of benzene rings is 1. The number of aromatic carboxylic acids is 1. The van der Waals surface area contributed by atoms with E-state index in [1.807, 2.05) is 0 Å². The number of carbonyl (C=O) groups is 1. The molecule has 4 heteroatoms. The van der Waals surface area contributed by atoms with Crippen molar-refractivity contribution in [3.63, 3.8) is 0 Å². The second kappa shape index (κ2) is 6.75. The van der Waals surface area contributed by atoms with Crippen LogP contribution in [0.2, 0.25) is 0 Å². The van der Waals surface area contributed by atoms with Gasteiger partial charge in [0.25, 0.3) is 0 Å². The summed E-state index contributed by atoms with van der Waals surface area (Å²) < 4.78 is 5.70. The van der Waals surface area contributed by atoms with Crippen LogP contribution in [0.5, 0.6) is 5.75 Å². The molecule has 1 saturated heterocycles. The fourth-order valence-electron chi connectivity index (χ4n) is 2.86. The zero-order chi connectivity index (χ0) is 14.5. The summed E-state index contributed by atoms with van der Waals surface area (Å²) >= 11 is 0. The molecule has 0 spiro atoms. The zero-order valence-electron chi connectivity index (χ0n) is 12.2. The smallest absolute Gasteiger partial charge is 0.335 e. The largest absolute Gasteiger partial charge is 0.492 e. The Morgan fingerprint density at radius 3 is 2.70 bits per heavy atom. The van der Waals surface area contributed by atoms with Gasteiger partial charge in [0.2, 0.25) is 0 Å². The van der Waals surface area contributed by atoms with Crippen molar-refractivity contribution in [3.05, 3.63) is 29.8 Å². The van der Waals surface area contributed by atoms with E-state index in [0.29, 0.717) is 18.6 Å². The predicted molar refractivity (Wildman–Crippen MR) is 78.3 cm³/mol. The van der Waals surface area contributed by atoms with Crippen LogP contribution in [0.1, 0.15) is 37.0 Å². The maximum absolute atomic E-state index is 10.8. The van der Waals surface area contributed by atoms with E-state index in [4.69, 9.17) is 9.84 Å². The maximum Gasteiger partial charge on any atom is 0.335 e. The molecule has 4 nitrogen and oxygen atoms in total. The first-order valence-electron chi connectivity index (χ1n) is 7.28. The van der Waals surface area contributed by atoms with Crippen LogP contribution in [-0.4, -0.2) is 41.7 Å². The molecule has 1 aromatic carbocycles. The van der Waals surface area contributed by atoms with E-state index in [-0.39, 0.29) is 5.56 Å². The molecule has 0 aliphatic carbocycles. The monoisotopic (exact) mass is 277 g/mol. The third-order valence-corrected chi connectivity index (χ3v) is 3.93. The van der Waals surface area contributed by atoms with Gasteiger partial charge >= 0.3 is 5.97 Å². The number of carboxylic acid groups (broad SMARTS) is 1. The minimum absolute atomic E-state index is 0.289. The Hall–Kier alpha value is -1.55. The van der Waals surface area contributed by atoms with Gasteiger partial charge in [-0.2, -0.15) is 0 Å². The Bertz CT molecular complexity index is 442. The number of rotatable bonds is 6. The van der Waals surface area contributed by atoms with Crippen LogP contribution >= 0.6 is 0 Å². The molecule has 1 aliphatic heterocycles. The van der Waals surface area contributed by atoms with Gasteiger partial charge in [-0.1, -0.05) is 13.8 Å². The third-order valence-electron chi connectivity index (χ3n) is 3.93. The highest BCUT2D eigenvalue weighted by atomic mass is 16.5. The van der Waals surface area contributed by atoms with Crippen LogP contribution < -0.4 is 4.74 Å². The second-order valence-electron chi connectivity index (χ2n) is 5.67. The lowest BCUT2D eigenvalue weighted by Gasteiger charge is -2.27. The van der Waals surface area contributed by atoms with Gasteiger partial charge in [-0.05, 0) is 49.6 Å². The first-order chi connectivity index (χ1) is 9.58. The van der Waals surface area contributed by atoms with Gasteiger partial charge in [0, 0.05) is 12.6 Å². The Labute approximate surface area is 120 Å². The number of hydrogen-bond donors (Lipinski definition) is 1. The van der Waals surface area contributed by atoms with Gasteiger partial charge in [0.1, 0.15) is 12.4 Å². The Morgan fingerprint density at radius 1 is 1.40 bits per heavy atom. The van der Waals surface area contributed by atoms with Gasteiger partial charge in [0.15, 0.2) is 0 Å². The molecule has 0 bridgehead atoms. The molecular formula is C16H23NO3. The minimum Gasteiger partial charge on any atom is -0.492 e. The number of nitrogens with zero attached hydrogens (tertiary/aromatic N) is 1. The standard InChI is InChI=1S/C16H23NO3/c1-12(2)15-4-3-9-17(15)10-11-20-14-7-5-13(6-8-14)16(18)19/h5-8,12,15H,3-4,9-11H2,1-2H3,(H,18,19). The highest BCUT2D eigenvalue weighted by Gasteiger charge is 2.26. The highest BCUT2D eigenvalue weighted by Crippen LogP contribution is 2.23. The molecule has 0 amide bonds. The van der Waals surface area contributed by atoms with Crippen molar-refractivity contribution in [3.8, 4) is 5.75 Å². The summed E-state index contributed by atoms with van der Waals surface area (Å²) in [5, 5.41) is 8.83. The van der Waals surface area contributed by atoms with Crippen LogP contribution in [0.25, 0.3) is 0 Å². The molecule has 1 atom stereocenters. The van der Waals surface area contributed by atoms with E-state index >= 15 is 0 Å². The van der Waals surface area contributed by atoms with Gasteiger partial charge in [0.05, 0.1) is 5.56 Å². The first-order valence-corrected chi connectivity index (χ1v) is 7.28. The van der Waals surface area contributed by atoms with Gasteiger partial charge < -0.3 is 9.84 Å². The molecular weight excluding hydrogens is 254 g/mol. The summed E-state index contributed by atoms with van der Waals surface area (Å²) in [6.45, 7) is 7.28. The van der Waals surface area contributed by atoms with Crippen molar-refractivity contribution in [1.82, 2.24) is 4.90 Å². The van der Waals surface area contributed by atoms with Gasteiger partial charge in [-0.3, -0.25) is 4.90 Å². The fraction of sp³-hybridized carbons (Fsp3) is 0.562. The van der Waals surface area contributed by atoms with Crippen molar-refractivity contribution < 1.29 is 14.6 Å². The second-order valence-corrected chi connectivity index (χ2v) is 5.67. The van der Waals surface area contributed by atoms with E-state index in [1.165, 1.54) is 12.8 Å². The van der Waals surface area contributed by atoms with Gasteiger partial charge in [-0.15, -0.1) is 0 Å². The quantitative estimate of drug-likeness (QED) is 0.868. The zero-order valence-corrected chi connectivity index (χ0v) is 12.2. The summed E-state index contributed by atoms with van der Waals surface area (Å²) in [5.41, 5.74) is 0.289. The Kier molecular flexibility index (Phi) is 5.01. The van der Waals surface area contributed by atoms with E-state index in [1.54, 1.807) is 24.3 Å². The van der Waals surface area contributed by atoms with Crippen molar-refractivity contribution >= 4 is 5.97 Å². The fourth-order valence-corrected chi connectivity index (χ4v) is 2.86. The number of likely N-dealkylation sites (tertiary alicyclic amines) is 1. The van der Waals surface area contributed by atoms with Crippen LogP contribution in [0.3, 0.4) is 0 Å². The predicted octanol–water partition coefficient (Wildman–Crippen LogP) is 2.88. The van der Waals surface area contributed by atoms with E-state index in [0.717, 1.165) is 18.8 Å².